The van der Waals surface area contributed by atoms with Crippen LogP contribution in [-0.2, 0) is 0 Å². The molecule has 4 heteroatoms. The summed E-state index contributed by atoms with van der Waals surface area (Å²) >= 11 is 0. The van der Waals surface area contributed by atoms with Gasteiger partial charge in [-0.15, -0.1) is 0 Å². The predicted molar refractivity (Wildman–Crippen MR) is 62.9 cm³/mol. The van der Waals surface area contributed by atoms with E-state index in [1.54, 1.807) is 12.1 Å². The third-order valence-electron chi connectivity index (χ3n) is 2.62. The largest absolute Gasteiger partial charge is 0.456 e. The number of nitrogens with zero attached hydrogens (tertiary/aromatic N) is 2. The number of rotatable bonds is 1. The summed E-state index contributed by atoms with van der Waals surface area (Å²) < 4.78 is 6.81. The molecule has 0 spiro atoms. The lowest BCUT2D eigenvalue weighted by Crippen LogP contribution is -2.09. The summed E-state index contributed by atoms with van der Waals surface area (Å²) in [5, 5.41) is 0. The molecule has 3 rings (SSSR count). The highest BCUT2D eigenvalue weighted by Gasteiger charge is 2.14. The Morgan fingerprint density at radius 1 is 1.24 bits per heavy atom. The van der Waals surface area contributed by atoms with Crippen molar-refractivity contribution in [2.75, 3.05) is 0 Å². The molecular formula is C13H10N2O2. The Kier molecular flexibility index (Phi) is 2.08. The van der Waals surface area contributed by atoms with Gasteiger partial charge in [-0.3, -0.25) is 9.36 Å². The number of imidazole rings is 1. The number of furan rings is 1. The molecule has 2 heterocycles. The number of hydrogen-bond donors (Lipinski definition) is 0. The minimum Gasteiger partial charge on any atom is -0.456 e. The molecule has 0 radical (unpaired) electrons. The van der Waals surface area contributed by atoms with Crippen LogP contribution in [0.1, 0.15) is 16.3 Å². The Hall–Kier alpha value is -2.36. The molecular weight excluding hydrogens is 216 g/mol. The Morgan fingerprint density at radius 2 is 2.06 bits per heavy atom. The van der Waals surface area contributed by atoms with Gasteiger partial charge in [-0.05, 0) is 31.2 Å². The van der Waals surface area contributed by atoms with E-state index in [-0.39, 0.29) is 5.91 Å². The zero-order valence-electron chi connectivity index (χ0n) is 9.25. The van der Waals surface area contributed by atoms with Gasteiger partial charge in [-0.25, -0.2) is 4.98 Å². The van der Waals surface area contributed by atoms with Crippen LogP contribution in [0, 0.1) is 6.92 Å². The van der Waals surface area contributed by atoms with Gasteiger partial charge in [-0.2, -0.15) is 0 Å². The van der Waals surface area contributed by atoms with E-state index < -0.39 is 0 Å². The quantitative estimate of drug-likeness (QED) is 0.640. The van der Waals surface area contributed by atoms with Crippen molar-refractivity contribution in [1.29, 1.82) is 0 Å². The first kappa shape index (κ1) is 9.84. The Labute approximate surface area is 97.5 Å². The fourth-order valence-electron chi connectivity index (χ4n) is 1.79. The number of carbonyl (C=O) groups excluding carboxylic acids is 1. The number of carbonyl (C=O) groups is 1. The van der Waals surface area contributed by atoms with E-state index in [1.807, 2.05) is 31.2 Å². The van der Waals surface area contributed by atoms with Crippen LogP contribution in [-0.4, -0.2) is 15.5 Å². The molecule has 0 saturated heterocycles. The molecule has 3 aromatic rings. The zero-order chi connectivity index (χ0) is 11.8. The standard InChI is InChI=1S/C13H10N2O2/c1-9-6-7-12(17-9)13(16)15-8-14-10-4-2-3-5-11(10)15/h2-8H,1H3. The summed E-state index contributed by atoms with van der Waals surface area (Å²) in [6.45, 7) is 1.81. The zero-order valence-corrected chi connectivity index (χ0v) is 9.25. The maximum atomic E-state index is 12.2. The molecule has 17 heavy (non-hydrogen) atoms. The van der Waals surface area contributed by atoms with E-state index in [0.717, 1.165) is 16.8 Å². The second-order valence-electron chi connectivity index (χ2n) is 3.82. The molecule has 0 atom stereocenters. The topological polar surface area (TPSA) is 48.0 Å². The van der Waals surface area contributed by atoms with E-state index in [4.69, 9.17) is 4.42 Å². The van der Waals surface area contributed by atoms with Crippen LogP contribution in [0.25, 0.3) is 11.0 Å². The van der Waals surface area contributed by atoms with Crippen LogP contribution in [0.4, 0.5) is 0 Å². The Bertz CT molecular complexity index is 694. The number of benzene rings is 1. The van der Waals surface area contributed by atoms with Crippen LogP contribution in [0.3, 0.4) is 0 Å². The van der Waals surface area contributed by atoms with Crippen molar-refractivity contribution >= 4 is 16.9 Å². The van der Waals surface area contributed by atoms with Crippen molar-refractivity contribution in [3.63, 3.8) is 0 Å². The third kappa shape index (κ3) is 1.54. The predicted octanol–water partition coefficient (Wildman–Crippen LogP) is 2.63. The number of aryl methyl sites for hydroxylation is 1. The number of para-hydroxylation sites is 2. The first-order chi connectivity index (χ1) is 8.25. The van der Waals surface area contributed by atoms with Gasteiger partial charge in [0.15, 0.2) is 5.76 Å². The van der Waals surface area contributed by atoms with Gasteiger partial charge in [-0.1, -0.05) is 12.1 Å². The first-order valence-corrected chi connectivity index (χ1v) is 5.29. The van der Waals surface area contributed by atoms with E-state index in [2.05, 4.69) is 4.98 Å². The molecule has 0 N–H and O–H groups in total. The minimum absolute atomic E-state index is 0.202. The Balaban J connectivity index is 2.13. The van der Waals surface area contributed by atoms with Crippen molar-refractivity contribution in [3.05, 3.63) is 54.2 Å². The lowest BCUT2D eigenvalue weighted by Gasteiger charge is -1.99. The number of aromatic nitrogens is 2. The van der Waals surface area contributed by atoms with Crippen molar-refractivity contribution in [1.82, 2.24) is 9.55 Å². The molecule has 0 fully saturated rings. The average Bonchev–Trinajstić information content (AvgIpc) is 2.94. The molecule has 0 aliphatic carbocycles. The molecule has 1 aromatic carbocycles. The highest BCUT2D eigenvalue weighted by molar-refractivity contribution is 5.99. The maximum Gasteiger partial charge on any atom is 0.299 e. The van der Waals surface area contributed by atoms with Crippen LogP contribution in [0.15, 0.2) is 47.1 Å². The minimum atomic E-state index is -0.202. The molecule has 0 amide bonds. The van der Waals surface area contributed by atoms with Gasteiger partial charge in [0.2, 0.25) is 0 Å². The molecule has 0 aliphatic rings. The van der Waals surface area contributed by atoms with E-state index >= 15 is 0 Å². The van der Waals surface area contributed by atoms with Crippen LogP contribution in [0.5, 0.6) is 0 Å². The van der Waals surface area contributed by atoms with E-state index in [1.165, 1.54) is 10.9 Å². The van der Waals surface area contributed by atoms with Gasteiger partial charge < -0.3 is 4.42 Å². The molecule has 0 bridgehead atoms. The van der Waals surface area contributed by atoms with Gasteiger partial charge in [0.25, 0.3) is 5.91 Å². The lowest BCUT2D eigenvalue weighted by molar-refractivity contribution is 0.0935. The summed E-state index contributed by atoms with van der Waals surface area (Å²) in [4.78, 5) is 16.3. The lowest BCUT2D eigenvalue weighted by atomic mass is 10.3. The average molecular weight is 226 g/mol. The van der Waals surface area contributed by atoms with Gasteiger partial charge in [0, 0.05) is 0 Å². The number of fused-ring (bicyclic) bond motifs is 1. The second-order valence-corrected chi connectivity index (χ2v) is 3.82. The van der Waals surface area contributed by atoms with Gasteiger partial charge in [0.1, 0.15) is 12.1 Å². The van der Waals surface area contributed by atoms with Crippen molar-refractivity contribution in [2.24, 2.45) is 0 Å². The maximum absolute atomic E-state index is 12.2. The molecule has 84 valence electrons. The van der Waals surface area contributed by atoms with Crippen molar-refractivity contribution < 1.29 is 9.21 Å². The highest BCUT2D eigenvalue weighted by atomic mass is 16.3. The van der Waals surface area contributed by atoms with Gasteiger partial charge >= 0.3 is 0 Å². The fraction of sp³-hybridized carbons (Fsp3) is 0.0769. The molecule has 0 aliphatic heterocycles. The first-order valence-electron chi connectivity index (χ1n) is 5.29. The molecule has 0 saturated carbocycles. The smallest absolute Gasteiger partial charge is 0.299 e. The van der Waals surface area contributed by atoms with Crippen LogP contribution in [0.2, 0.25) is 0 Å². The SMILES string of the molecule is Cc1ccc(C(=O)n2cnc3ccccc32)o1. The summed E-state index contributed by atoms with van der Waals surface area (Å²) in [7, 11) is 0. The van der Waals surface area contributed by atoms with Gasteiger partial charge in [0.05, 0.1) is 11.0 Å². The summed E-state index contributed by atoms with van der Waals surface area (Å²) in [5.74, 6) is 0.843. The van der Waals surface area contributed by atoms with Crippen LogP contribution < -0.4 is 0 Å². The Morgan fingerprint density at radius 3 is 2.82 bits per heavy atom. The second kappa shape index (κ2) is 3.59. The molecule has 0 unspecified atom stereocenters. The van der Waals surface area contributed by atoms with Crippen molar-refractivity contribution in [2.45, 2.75) is 6.92 Å². The molecule has 2 aromatic heterocycles. The van der Waals surface area contributed by atoms with E-state index in [9.17, 15) is 4.79 Å². The normalized spacial score (nSPS) is 10.9. The monoisotopic (exact) mass is 226 g/mol. The highest BCUT2D eigenvalue weighted by Crippen LogP contribution is 2.15. The molecule has 4 nitrogen and oxygen atoms in total. The summed E-state index contributed by atoms with van der Waals surface area (Å²) in [6.07, 6.45) is 1.52. The van der Waals surface area contributed by atoms with E-state index in [0.29, 0.717) is 5.76 Å². The number of hydrogen-bond acceptors (Lipinski definition) is 3. The summed E-state index contributed by atoms with van der Waals surface area (Å²) in [6, 6.07) is 10.9. The summed E-state index contributed by atoms with van der Waals surface area (Å²) in [5.41, 5.74) is 1.58. The third-order valence-corrected chi connectivity index (χ3v) is 2.62. The van der Waals surface area contributed by atoms with Crippen LogP contribution >= 0.6 is 0 Å². The van der Waals surface area contributed by atoms with Crippen molar-refractivity contribution in [3.8, 4) is 0 Å². The fourth-order valence-corrected chi connectivity index (χ4v) is 1.79.